The number of aryl methyl sites for hydroxylation is 2. The van der Waals surface area contributed by atoms with Gasteiger partial charge in [0.05, 0.1) is 6.54 Å². The van der Waals surface area contributed by atoms with Crippen molar-refractivity contribution in [3.05, 3.63) is 107 Å². The zero-order valence-corrected chi connectivity index (χ0v) is 22.7. The van der Waals surface area contributed by atoms with Gasteiger partial charge in [-0.25, -0.2) is 0 Å². The Morgan fingerprint density at radius 3 is 2.26 bits per heavy atom. The summed E-state index contributed by atoms with van der Waals surface area (Å²) in [6.07, 6.45) is 5.75. The van der Waals surface area contributed by atoms with Crippen LogP contribution in [0.4, 0.5) is 0 Å². The first-order valence-electron chi connectivity index (χ1n) is 13.7. The second kappa shape index (κ2) is 13.6. The topological polar surface area (TPSA) is 56.4 Å². The number of hydrogen-bond acceptors (Lipinski definition) is 2. The monoisotopic (exact) mass is 509 g/mol. The molecule has 38 heavy (non-hydrogen) atoms. The van der Waals surface area contributed by atoms with Crippen molar-refractivity contribution in [2.45, 2.75) is 52.5 Å². The Labute approximate surface area is 226 Å². The van der Waals surface area contributed by atoms with Crippen molar-refractivity contribution in [2.24, 2.45) is 0 Å². The van der Waals surface area contributed by atoms with Crippen molar-refractivity contribution in [3.8, 4) is 0 Å². The number of nitrogens with zero attached hydrogens (tertiary/aromatic N) is 2. The molecule has 1 aromatic heterocycles. The first-order valence-corrected chi connectivity index (χ1v) is 13.7. The van der Waals surface area contributed by atoms with Crippen LogP contribution in [0, 0.1) is 6.92 Å². The summed E-state index contributed by atoms with van der Waals surface area (Å²) >= 11 is 0. The number of aromatic nitrogens is 1. The smallest absolute Gasteiger partial charge is 0.242 e. The standard InChI is InChI=1S/C33H39N3O2/c1-3-4-21-35(32(37)19-18-27-10-6-5-7-11-27)25-33(38)36(24-28-16-14-26(2)15-17-28)22-20-29-23-34-31-13-9-8-12-30(29)31/h5-17,23,34H,3-4,18-22,24-25H2,1-2H3. The number of rotatable bonds is 13. The first-order chi connectivity index (χ1) is 18.5. The fourth-order valence-corrected chi connectivity index (χ4v) is 4.76. The summed E-state index contributed by atoms with van der Waals surface area (Å²) in [5.41, 5.74) is 5.73. The molecule has 0 unspecified atom stereocenters. The van der Waals surface area contributed by atoms with Gasteiger partial charge in [-0.3, -0.25) is 9.59 Å². The highest BCUT2D eigenvalue weighted by Gasteiger charge is 2.22. The largest absolute Gasteiger partial charge is 0.361 e. The summed E-state index contributed by atoms with van der Waals surface area (Å²) in [7, 11) is 0. The molecule has 0 atom stereocenters. The lowest BCUT2D eigenvalue weighted by molar-refractivity contribution is -0.141. The van der Waals surface area contributed by atoms with Gasteiger partial charge in [0.1, 0.15) is 0 Å². The molecule has 0 saturated carbocycles. The third kappa shape index (κ3) is 7.58. The van der Waals surface area contributed by atoms with E-state index >= 15 is 0 Å². The molecule has 4 rings (SSSR count). The fourth-order valence-electron chi connectivity index (χ4n) is 4.76. The van der Waals surface area contributed by atoms with E-state index in [1.165, 1.54) is 16.5 Å². The van der Waals surface area contributed by atoms with Crippen LogP contribution in [0.15, 0.2) is 85.1 Å². The van der Waals surface area contributed by atoms with Crippen molar-refractivity contribution in [1.82, 2.24) is 14.8 Å². The lowest BCUT2D eigenvalue weighted by Gasteiger charge is -2.28. The molecule has 4 aromatic rings. The summed E-state index contributed by atoms with van der Waals surface area (Å²) in [4.78, 5) is 34.0. The predicted molar refractivity (Wildman–Crippen MR) is 155 cm³/mol. The van der Waals surface area contributed by atoms with Gasteiger partial charge in [-0.2, -0.15) is 0 Å². The lowest BCUT2D eigenvalue weighted by atomic mass is 10.1. The maximum absolute atomic E-state index is 13.7. The fraction of sp³-hybridized carbons (Fsp3) is 0.333. The number of carbonyl (C=O) groups is 2. The van der Waals surface area contributed by atoms with Crippen LogP contribution in [0.2, 0.25) is 0 Å². The predicted octanol–water partition coefficient (Wildman–Crippen LogP) is 6.31. The zero-order chi connectivity index (χ0) is 26.7. The molecule has 0 aliphatic carbocycles. The Kier molecular flexibility index (Phi) is 9.74. The van der Waals surface area contributed by atoms with Crippen LogP contribution < -0.4 is 0 Å². The van der Waals surface area contributed by atoms with Gasteiger partial charge in [-0.15, -0.1) is 0 Å². The van der Waals surface area contributed by atoms with E-state index in [0.717, 1.165) is 35.9 Å². The number of fused-ring (bicyclic) bond motifs is 1. The SMILES string of the molecule is CCCCN(CC(=O)N(CCc1c[nH]c2ccccc12)Cc1ccc(C)cc1)C(=O)CCc1ccccc1. The van der Waals surface area contributed by atoms with Crippen LogP contribution in [0.3, 0.4) is 0 Å². The molecule has 3 aromatic carbocycles. The maximum atomic E-state index is 13.7. The van der Waals surface area contributed by atoms with Crippen molar-refractivity contribution >= 4 is 22.7 Å². The molecule has 0 saturated heterocycles. The van der Waals surface area contributed by atoms with Gasteiger partial charge in [0.25, 0.3) is 0 Å². The Bertz CT molecular complexity index is 1310. The number of carbonyl (C=O) groups excluding carboxylic acids is 2. The van der Waals surface area contributed by atoms with Crippen molar-refractivity contribution in [2.75, 3.05) is 19.6 Å². The Morgan fingerprint density at radius 2 is 1.50 bits per heavy atom. The highest BCUT2D eigenvalue weighted by Crippen LogP contribution is 2.19. The quantitative estimate of drug-likeness (QED) is 0.230. The van der Waals surface area contributed by atoms with E-state index in [0.29, 0.717) is 32.5 Å². The molecule has 1 heterocycles. The molecule has 0 radical (unpaired) electrons. The number of para-hydroxylation sites is 1. The van der Waals surface area contributed by atoms with Gasteiger partial charge in [-0.05, 0) is 48.9 Å². The number of nitrogens with one attached hydrogen (secondary N) is 1. The van der Waals surface area contributed by atoms with E-state index in [1.807, 2.05) is 53.6 Å². The molecular formula is C33H39N3O2. The van der Waals surface area contributed by atoms with Crippen LogP contribution in [-0.2, 0) is 29.0 Å². The number of unbranched alkanes of at least 4 members (excludes halogenated alkanes) is 1. The number of benzene rings is 3. The van der Waals surface area contributed by atoms with E-state index in [9.17, 15) is 9.59 Å². The minimum absolute atomic E-state index is 0.00502. The number of H-pyrrole nitrogens is 1. The molecule has 198 valence electrons. The van der Waals surface area contributed by atoms with E-state index in [-0.39, 0.29) is 18.4 Å². The number of hydrogen-bond donors (Lipinski definition) is 1. The number of amides is 2. The van der Waals surface area contributed by atoms with Gasteiger partial charge in [0.2, 0.25) is 11.8 Å². The average Bonchev–Trinajstić information content (AvgIpc) is 3.36. The molecule has 2 amide bonds. The van der Waals surface area contributed by atoms with Crippen molar-refractivity contribution < 1.29 is 9.59 Å². The summed E-state index contributed by atoms with van der Waals surface area (Å²) in [6, 6.07) is 26.6. The van der Waals surface area contributed by atoms with E-state index in [1.54, 1.807) is 4.90 Å². The number of aromatic amines is 1. The van der Waals surface area contributed by atoms with E-state index < -0.39 is 0 Å². The third-order valence-electron chi connectivity index (χ3n) is 7.10. The van der Waals surface area contributed by atoms with E-state index in [4.69, 9.17) is 0 Å². The molecule has 0 spiro atoms. The Hall–Kier alpha value is -3.86. The molecule has 5 heteroatoms. The second-order valence-electron chi connectivity index (χ2n) is 10.1. The maximum Gasteiger partial charge on any atom is 0.242 e. The van der Waals surface area contributed by atoms with Crippen LogP contribution in [-0.4, -0.2) is 46.2 Å². The molecular weight excluding hydrogens is 470 g/mol. The summed E-state index contributed by atoms with van der Waals surface area (Å²) in [5, 5.41) is 1.19. The Balaban J connectivity index is 1.47. The summed E-state index contributed by atoms with van der Waals surface area (Å²) in [6.45, 7) is 6.02. The molecule has 0 aliphatic heterocycles. The average molecular weight is 510 g/mol. The summed E-state index contributed by atoms with van der Waals surface area (Å²) < 4.78 is 0. The molecule has 0 aliphatic rings. The van der Waals surface area contributed by atoms with E-state index in [2.05, 4.69) is 55.2 Å². The first kappa shape index (κ1) is 27.2. The molecule has 1 N–H and O–H groups in total. The minimum atomic E-state index is -0.00502. The highest BCUT2D eigenvalue weighted by molar-refractivity contribution is 5.85. The Morgan fingerprint density at radius 1 is 0.763 bits per heavy atom. The van der Waals surface area contributed by atoms with Crippen molar-refractivity contribution in [1.29, 1.82) is 0 Å². The van der Waals surface area contributed by atoms with Gasteiger partial charge in [0, 0.05) is 43.2 Å². The summed E-state index contributed by atoms with van der Waals surface area (Å²) in [5.74, 6) is 0.0390. The van der Waals surface area contributed by atoms with Crippen LogP contribution in [0.5, 0.6) is 0 Å². The van der Waals surface area contributed by atoms with Crippen LogP contribution >= 0.6 is 0 Å². The zero-order valence-electron chi connectivity index (χ0n) is 22.7. The third-order valence-corrected chi connectivity index (χ3v) is 7.10. The van der Waals surface area contributed by atoms with Gasteiger partial charge in [0.15, 0.2) is 0 Å². The second-order valence-corrected chi connectivity index (χ2v) is 10.1. The van der Waals surface area contributed by atoms with Crippen LogP contribution in [0.25, 0.3) is 10.9 Å². The van der Waals surface area contributed by atoms with Gasteiger partial charge >= 0.3 is 0 Å². The lowest BCUT2D eigenvalue weighted by Crippen LogP contribution is -2.43. The minimum Gasteiger partial charge on any atom is -0.361 e. The van der Waals surface area contributed by atoms with Crippen LogP contribution in [0.1, 0.15) is 48.4 Å². The normalized spacial score (nSPS) is 11.0. The highest BCUT2D eigenvalue weighted by atomic mass is 16.2. The van der Waals surface area contributed by atoms with Crippen molar-refractivity contribution in [3.63, 3.8) is 0 Å². The van der Waals surface area contributed by atoms with Gasteiger partial charge < -0.3 is 14.8 Å². The molecule has 0 fully saturated rings. The molecule has 0 bridgehead atoms. The van der Waals surface area contributed by atoms with Gasteiger partial charge in [-0.1, -0.05) is 91.7 Å². The molecule has 5 nitrogen and oxygen atoms in total.